The molecule has 1 rings (SSSR count). The Morgan fingerprint density at radius 3 is 2.82 bits per heavy atom. The summed E-state index contributed by atoms with van der Waals surface area (Å²) >= 11 is 0. The van der Waals surface area contributed by atoms with Crippen molar-refractivity contribution in [1.82, 2.24) is 15.0 Å². The second-order valence-corrected chi connectivity index (χ2v) is 2.75. The fourth-order valence-electron chi connectivity index (χ4n) is 0.774. The molecule has 0 N–H and O–H groups in total. The highest BCUT2D eigenvalue weighted by Gasteiger charge is 2.03. The summed E-state index contributed by atoms with van der Waals surface area (Å²) < 4.78 is 13.3. The third-order valence-electron chi connectivity index (χ3n) is 1.46. The van der Waals surface area contributed by atoms with Crippen LogP contribution >= 0.6 is 0 Å². The van der Waals surface area contributed by atoms with E-state index < -0.39 is 0 Å². The summed E-state index contributed by atoms with van der Waals surface area (Å²) in [5, 5.41) is 7.63. The monoisotopic (exact) mass is 157 g/mol. The van der Waals surface area contributed by atoms with Crippen LogP contribution in [-0.2, 0) is 6.54 Å². The number of alkyl halides is 1. The van der Waals surface area contributed by atoms with E-state index in [9.17, 15) is 4.39 Å². The fourth-order valence-corrected chi connectivity index (χ4v) is 0.774. The molecule has 0 atom stereocenters. The van der Waals surface area contributed by atoms with Crippen molar-refractivity contribution in [1.29, 1.82) is 0 Å². The van der Waals surface area contributed by atoms with E-state index in [2.05, 4.69) is 10.3 Å². The van der Waals surface area contributed by atoms with Crippen LogP contribution in [-0.4, -0.2) is 21.7 Å². The predicted molar refractivity (Wildman–Crippen MR) is 40.1 cm³/mol. The molecule has 0 amide bonds. The first-order valence-corrected chi connectivity index (χ1v) is 3.70. The van der Waals surface area contributed by atoms with Gasteiger partial charge < -0.3 is 0 Å². The van der Waals surface area contributed by atoms with Crippen LogP contribution in [0.25, 0.3) is 0 Å². The topological polar surface area (TPSA) is 30.7 Å². The van der Waals surface area contributed by atoms with Gasteiger partial charge in [0.15, 0.2) is 0 Å². The minimum atomic E-state index is -0.388. The quantitative estimate of drug-likeness (QED) is 0.663. The zero-order valence-electron chi connectivity index (χ0n) is 6.79. The first kappa shape index (κ1) is 8.17. The average molecular weight is 157 g/mol. The number of hydrogen-bond donors (Lipinski definition) is 0. The minimum absolute atomic E-state index is 0.305. The lowest BCUT2D eigenvalue weighted by atomic mass is 10.2. The molecular formula is C7H12FN3. The Bertz CT molecular complexity index is 219. The Hall–Kier alpha value is -0.930. The van der Waals surface area contributed by atoms with Crippen LogP contribution in [0.2, 0.25) is 0 Å². The second-order valence-electron chi connectivity index (χ2n) is 2.75. The van der Waals surface area contributed by atoms with Crippen LogP contribution in [0.1, 0.15) is 25.5 Å². The molecule has 1 heterocycles. The van der Waals surface area contributed by atoms with E-state index in [-0.39, 0.29) is 6.67 Å². The molecule has 0 unspecified atom stereocenters. The van der Waals surface area contributed by atoms with Crippen molar-refractivity contribution in [3.8, 4) is 0 Å². The molecule has 3 nitrogen and oxygen atoms in total. The van der Waals surface area contributed by atoms with Crippen LogP contribution in [0.4, 0.5) is 4.39 Å². The van der Waals surface area contributed by atoms with Crippen molar-refractivity contribution in [2.75, 3.05) is 6.67 Å². The maximum atomic E-state index is 11.8. The zero-order valence-corrected chi connectivity index (χ0v) is 6.79. The van der Waals surface area contributed by atoms with Crippen LogP contribution in [0, 0.1) is 0 Å². The minimum Gasteiger partial charge on any atom is -0.250 e. The van der Waals surface area contributed by atoms with E-state index in [1.54, 1.807) is 6.20 Å². The third kappa shape index (κ3) is 2.00. The summed E-state index contributed by atoms with van der Waals surface area (Å²) in [5.74, 6) is 0.364. The Morgan fingerprint density at radius 1 is 1.64 bits per heavy atom. The van der Waals surface area contributed by atoms with E-state index in [0.29, 0.717) is 12.5 Å². The third-order valence-corrected chi connectivity index (χ3v) is 1.46. The SMILES string of the molecule is CC(C)c1cn(CCF)nn1. The fraction of sp³-hybridized carbons (Fsp3) is 0.714. The molecule has 0 saturated carbocycles. The van der Waals surface area contributed by atoms with E-state index in [1.807, 2.05) is 13.8 Å². The second kappa shape index (κ2) is 3.46. The summed E-state index contributed by atoms with van der Waals surface area (Å²) in [6.45, 7) is 3.98. The molecule has 0 bridgehead atoms. The summed E-state index contributed by atoms with van der Waals surface area (Å²) in [5.41, 5.74) is 0.915. The normalized spacial score (nSPS) is 10.9. The molecule has 0 aliphatic rings. The molecule has 0 aromatic carbocycles. The Morgan fingerprint density at radius 2 is 2.36 bits per heavy atom. The lowest BCUT2D eigenvalue weighted by molar-refractivity contribution is 0.422. The average Bonchev–Trinajstić information content (AvgIpc) is 2.37. The lowest BCUT2D eigenvalue weighted by Crippen LogP contribution is -1.99. The smallest absolute Gasteiger partial charge is 0.109 e. The van der Waals surface area contributed by atoms with Crippen molar-refractivity contribution in [3.63, 3.8) is 0 Å². The van der Waals surface area contributed by atoms with Gasteiger partial charge in [0.2, 0.25) is 0 Å². The van der Waals surface area contributed by atoms with Gasteiger partial charge in [0.25, 0.3) is 0 Å². The molecule has 1 aromatic rings. The van der Waals surface area contributed by atoms with Gasteiger partial charge in [-0.25, -0.2) is 9.07 Å². The van der Waals surface area contributed by atoms with Gasteiger partial charge in [-0.1, -0.05) is 19.1 Å². The van der Waals surface area contributed by atoms with Gasteiger partial charge in [0.05, 0.1) is 12.2 Å². The highest BCUT2D eigenvalue weighted by molar-refractivity contribution is 4.97. The number of aromatic nitrogens is 3. The molecule has 0 radical (unpaired) electrons. The van der Waals surface area contributed by atoms with Crippen LogP contribution in [0.15, 0.2) is 6.20 Å². The van der Waals surface area contributed by atoms with Crippen LogP contribution < -0.4 is 0 Å². The molecule has 62 valence electrons. The first-order valence-electron chi connectivity index (χ1n) is 3.70. The summed E-state index contributed by atoms with van der Waals surface area (Å²) in [4.78, 5) is 0. The molecule has 0 spiro atoms. The number of halogens is 1. The highest BCUT2D eigenvalue weighted by atomic mass is 19.1. The number of hydrogen-bond acceptors (Lipinski definition) is 2. The molecule has 0 aliphatic carbocycles. The van der Waals surface area contributed by atoms with E-state index in [0.717, 1.165) is 5.69 Å². The Labute approximate surface area is 65.2 Å². The maximum Gasteiger partial charge on any atom is 0.109 e. The number of rotatable bonds is 3. The standard InChI is InChI=1S/C7H12FN3/c1-6(2)7-5-11(4-3-8)10-9-7/h5-6H,3-4H2,1-2H3. The van der Waals surface area contributed by atoms with Crippen molar-refractivity contribution < 1.29 is 4.39 Å². The zero-order chi connectivity index (χ0) is 8.27. The van der Waals surface area contributed by atoms with Crippen molar-refractivity contribution in [2.24, 2.45) is 0 Å². The van der Waals surface area contributed by atoms with Crippen molar-refractivity contribution in [3.05, 3.63) is 11.9 Å². The maximum absolute atomic E-state index is 11.8. The van der Waals surface area contributed by atoms with Gasteiger partial charge in [-0.2, -0.15) is 0 Å². The van der Waals surface area contributed by atoms with Crippen molar-refractivity contribution >= 4 is 0 Å². The van der Waals surface area contributed by atoms with E-state index in [4.69, 9.17) is 0 Å². The molecule has 0 saturated heterocycles. The number of aryl methyl sites for hydroxylation is 1. The van der Waals surface area contributed by atoms with Crippen molar-refractivity contribution in [2.45, 2.75) is 26.3 Å². The van der Waals surface area contributed by atoms with Crippen LogP contribution in [0.5, 0.6) is 0 Å². The van der Waals surface area contributed by atoms with Gasteiger partial charge in [0.1, 0.15) is 6.67 Å². The molecular weight excluding hydrogens is 145 g/mol. The molecule has 11 heavy (non-hydrogen) atoms. The molecule has 0 fully saturated rings. The summed E-state index contributed by atoms with van der Waals surface area (Å²) in [7, 11) is 0. The van der Waals surface area contributed by atoms with Gasteiger partial charge in [-0.15, -0.1) is 5.10 Å². The lowest BCUT2D eigenvalue weighted by Gasteiger charge is -1.94. The van der Waals surface area contributed by atoms with E-state index >= 15 is 0 Å². The predicted octanol–water partition coefficient (Wildman–Crippen LogP) is 1.37. The Kier molecular flexibility index (Phi) is 2.57. The Balaban J connectivity index is 2.66. The van der Waals surface area contributed by atoms with Gasteiger partial charge >= 0.3 is 0 Å². The summed E-state index contributed by atoms with van der Waals surface area (Å²) in [6.07, 6.45) is 1.78. The number of nitrogens with zero attached hydrogens (tertiary/aromatic N) is 3. The van der Waals surface area contributed by atoms with Gasteiger partial charge in [0, 0.05) is 6.20 Å². The molecule has 0 aliphatic heterocycles. The van der Waals surface area contributed by atoms with Gasteiger partial charge in [-0.3, -0.25) is 0 Å². The molecule has 1 aromatic heterocycles. The first-order chi connectivity index (χ1) is 5.24. The summed E-state index contributed by atoms with van der Waals surface area (Å²) in [6, 6.07) is 0. The van der Waals surface area contributed by atoms with E-state index in [1.165, 1.54) is 4.68 Å². The largest absolute Gasteiger partial charge is 0.250 e. The van der Waals surface area contributed by atoms with Crippen LogP contribution in [0.3, 0.4) is 0 Å². The highest BCUT2D eigenvalue weighted by Crippen LogP contribution is 2.08. The molecule has 4 heteroatoms. The van der Waals surface area contributed by atoms with Gasteiger partial charge in [-0.05, 0) is 5.92 Å².